The highest BCUT2D eigenvalue weighted by molar-refractivity contribution is 9.10. The minimum Gasteiger partial charge on any atom is -0.497 e. The lowest BCUT2D eigenvalue weighted by molar-refractivity contribution is -0.118. The zero-order valence-corrected chi connectivity index (χ0v) is 17.8. The van der Waals surface area contributed by atoms with Crippen LogP contribution in [-0.2, 0) is 4.79 Å². The zero-order valence-electron chi connectivity index (χ0n) is 15.4. The van der Waals surface area contributed by atoms with Gasteiger partial charge in [-0.15, -0.1) is 11.8 Å². The molecule has 0 radical (unpaired) electrons. The number of carbonyl (C=O) groups excluding carboxylic acids is 1. The van der Waals surface area contributed by atoms with E-state index in [-0.39, 0.29) is 11.7 Å². The van der Waals surface area contributed by atoms with Gasteiger partial charge in [-0.1, -0.05) is 22.0 Å². The molecule has 0 aliphatic carbocycles. The first-order chi connectivity index (χ1) is 13.5. The monoisotopic (exact) mass is 458 g/mol. The number of nitrogens with one attached hydrogen (secondary N) is 1. The van der Waals surface area contributed by atoms with E-state index in [4.69, 9.17) is 9.15 Å². The summed E-state index contributed by atoms with van der Waals surface area (Å²) >= 11 is 4.98. The smallest absolute Gasteiger partial charge is 0.250 e. The second-order valence-electron chi connectivity index (χ2n) is 5.94. The van der Waals surface area contributed by atoms with Gasteiger partial charge in [-0.25, -0.2) is 5.43 Å². The molecule has 144 valence electrons. The maximum absolute atomic E-state index is 11.9. The predicted octanol–water partition coefficient (Wildman–Crippen LogP) is 5.27. The number of furan rings is 1. The highest BCUT2D eigenvalue weighted by Crippen LogP contribution is 2.30. The molecule has 0 aliphatic rings. The number of benzene rings is 2. The summed E-state index contributed by atoms with van der Waals surface area (Å²) in [5.41, 5.74) is 4.64. The third-order valence-electron chi connectivity index (χ3n) is 3.83. The summed E-state index contributed by atoms with van der Waals surface area (Å²) in [6, 6.07) is 17.3. The second-order valence-corrected chi connectivity index (χ2v) is 7.85. The topological polar surface area (TPSA) is 63.8 Å². The quantitative estimate of drug-likeness (QED) is 0.297. The Morgan fingerprint density at radius 3 is 2.71 bits per heavy atom. The van der Waals surface area contributed by atoms with Gasteiger partial charge in [0.15, 0.2) is 0 Å². The average Bonchev–Trinajstić information content (AvgIpc) is 3.15. The van der Waals surface area contributed by atoms with Crippen molar-refractivity contribution in [2.75, 3.05) is 12.9 Å². The van der Waals surface area contributed by atoms with Crippen LogP contribution in [0.1, 0.15) is 11.3 Å². The molecule has 2 aromatic carbocycles. The molecule has 0 fully saturated rings. The number of hydrogen-bond donors (Lipinski definition) is 1. The fourth-order valence-electron chi connectivity index (χ4n) is 2.41. The van der Waals surface area contributed by atoms with Gasteiger partial charge in [0.25, 0.3) is 0 Å². The molecular formula is C21H19BrN2O3S. The molecule has 0 spiro atoms. The Labute approximate surface area is 176 Å². The van der Waals surface area contributed by atoms with Crippen LogP contribution < -0.4 is 10.2 Å². The molecular weight excluding hydrogens is 440 g/mol. The van der Waals surface area contributed by atoms with Gasteiger partial charge in [-0.3, -0.25) is 4.79 Å². The van der Waals surface area contributed by atoms with E-state index >= 15 is 0 Å². The van der Waals surface area contributed by atoms with Crippen molar-refractivity contribution in [2.24, 2.45) is 5.10 Å². The van der Waals surface area contributed by atoms with Crippen molar-refractivity contribution >= 4 is 39.8 Å². The minimum absolute atomic E-state index is 0.190. The highest BCUT2D eigenvalue weighted by Gasteiger charge is 2.08. The number of nitrogens with zero attached hydrogens (tertiary/aromatic N) is 1. The van der Waals surface area contributed by atoms with Crippen molar-refractivity contribution < 1.29 is 13.9 Å². The van der Waals surface area contributed by atoms with E-state index in [1.54, 1.807) is 7.11 Å². The summed E-state index contributed by atoms with van der Waals surface area (Å²) in [6.07, 6.45) is 1.49. The van der Waals surface area contributed by atoms with Gasteiger partial charge in [0.2, 0.25) is 5.91 Å². The molecule has 1 aromatic heterocycles. The third-order valence-corrected chi connectivity index (χ3v) is 5.50. The molecule has 0 bridgehead atoms. The molecule has 1 amide bonds. The lowest BCUT2D eigenvalue weighted by atomic mass is 10.1. The Balaban J connectivity index is 1.51. The van der Waals surface area contributed by atoms with Gasteiger partial charge in [0, 0.05) is 14.9 Å². The minimum atomic E-state index is -0.190. The van der Waals surface area contributed by atoms with Gasteiger partial charge in [0.05, 0.1) is 19.1 Å². The van der Waals surface area contributed by atoms with Crippen LogP contribution in [0.25, 0.3) is 11.3 Å². The van der Waals surface area contributed by atoms with E-state index in [2.05, 4.69) is 26.5 Å². The second kappa shape index (κ2) is 9.61. The number of carbonyl (C=O) groups is 1. The zero-order chi connectivity index (χ0) is 19.9. The number of amides is 1. The molecule has 0 atom stereocenters. The Kier molecular flexibility index (Phi) is 6.95. The van der Waals surface area contributed by atoms with E-state index < -0.39 is 0 Å². The van der Waals surface area contributed by atoms with Gasteiger partial charge in [0.1, 0.15) is 17.3 Å². The predicted molar refractivity (Wildman–Crippen MR) is 116 cm³/mol. The van der Waals surface area contributed by atoms with Crippen LogP contribution in [0.4, 0.5) is 0 Å². The molecule has 0 saturated carbocycles. The fourth-order valence-corrected chi connectivity index (χ4v) is 3.79. The van der Waals surface area contributed by atoms with Crippen LogP contribution in [-0.4, -0.2) is 25.0 Å². The summed E-state index contributed by atoms with van der Waals surface area (Å²) in [5, 5.41) is 3.96. The maximum Gasteiger partial charge on any atom is 0.250 e. The molecule has 28 heavy (non-hydrogen) atoms. The van der Waals surface area contributed by atoms with Gasteiger partial charge < -0.3 is 9.15 Å². The number of aryl methyl sites for hydroxylation is 1. The van der Waals surface area contributed by atoms with Crippen LogP contribution in [0.5, 0.6) is 5.75 Å². The SMILES string of the molecule is COc1ccc(SCC(=O)N/N=C/c2ccc(-c3ccc(C)cc3Br)o2)cc1. The fraction of sp³-hybridized carbons (Fsp3) is 0.143. The van der Waals surface area contributed by atoms with Crippen molar-refractivity contribution in [3.63, 3.8) is 0 Å². The molecule has 5 nitrogen and oxygen atoms in total. The first-order valence-corrected chi connectivity index (χ1v) is 10.3. The largest absolute Gasteiger partial charge is 0.497 e. The number of rotatable bonds is 7. The van der Waals surface area contributed by atoms with Crippen molar-refractivity contribution in [3.8, 4) is 17.1 Å². The van der Waals surface area contributed by atoms with Crippen molar-refractivity contribution in [1.29, 1.82) is 0 Å². The summed E-state index contributed by atoms with van der Waals surface area (Å²) in [7, 11) is 1.62. The Bertz CT molecular complexity index is 984. The van der Waals surface area contributed by atoms with Crippen LogP contribution in [0, 0.1) is 6.92 Å². The number of thioether (sulfide) groups is 1. The van der Waals surface area contributed by atoms with Crippen molar-refractivity contribution in [2.45, 2.75) is 11.8 Å². The Hall–Kier alpha value is -2.51. The molecule has 1 N–H and O–H groups in total. The summed E-state index contributed by atoms with van der Waals surface area (Å²) in [6.45, 7) is 2.03. The van der Waals surface area contributed by atoms with E-state index in [1.165, 1.54) is 23.5 Å². The van der Waals surface area contributed by atoms with Crippen LogP contribution in [0.3, 0.4) is 0 Å². The number of methoxy groups -OCH3 is 1. The molecule has 3 aromatic rings. The molecule has 7 heteroatoms. The highest BCUT2D eigenvalue weighted by atomic mass is 79.9. The molecule has 1 heterocycles. The van der Waals surface area contributed by atoms with E-state index in [0.29, 0.717) is 5.76 Å². The van der Waals surface area contributed by atoms with E-state index in [0.717, 1.165) is 26.4 Å². The van der Waals surface area contributed by atoms with Crippen molar-refractivity contribution in [3.05, 3.63) is 70.4 Å². The van der Waals surface area contributed by atoms with Crippen LogP contribution in [0.15, 0.2) is 73.5 Å². The van der Waals surface area contributed by atoms with Crippen LogP contribution in [0.2, 0.25) is 0 Å². The number of hydrogen-bond acceptors (Lipinski definition) is 5. The standard InChI is InChI=1S/C21H19BrN2O3S/c1-14-3-9-18(19(22)11-14)20-10-6-16(27-20)12-23-24-21(25)13-28-17-7-4-15(26-2)5-8-17/h3-12H,13H2,1-2H3,(H,24,25)/b23-12+. The lowest BCUT2D eigenvalue weighted by Gasteiger charge is -2.03. The normalized spacial score (nSPS) is 11.0. The van der Waals surface area contributed by atoms with Gasteiger partial charge in [-0.05, 0) is 61.0 Å². The average molecular weight is 459 g/mol. The first kappa shape index (κ1) is 20.2. The summed E-state index contributed by atoms with van der Waals surface area (Å²) < 4.78 is 11.9. The van der Waals surface area contributed by atoms with Crippen LogP contribution >= 0.6 is 27.7 Å². The summed E-state index contributed by atoms with van der Waals surface area (Å²) in [5.74, 6) is 2.16. The summed E-state index contributed by atoms with van der Waals surface area (Å²) in [4.78, 5) is 12.9. The Morgan fingerprint density at radius 2 is 2.00 bits per heavy atom. The molecule has 0 saturated heterocycles. The lowest BCUT2D eigenvalue weighted by Crippen LogP contribution is -2.19. The Morgan fingerprint density at radius 1 is 1.21 bits per heavy atom. The van der Waals surface area contributed by atoms with E-state index in [9.17, 15) is 4.79 Å². The number of ether oxygens (including phenoxy) is 1. The number of hydrazone groups is 1. The maximum atomic E-state index is 11.9. The van der Waals surface area contributed by atoms with Crippen molar-refractivity contribution in [1.82, 2.24) is 5.43 Å². The van der Waals surface area contributed by atoms with Gasteiger partial charge >= 0.3 is 0 Å². The number of halogens is 1. The molecule has 0 aliphatic heterocycles. The molecule has 3 rings (SSSR count). The van der Waals surface area contributed by atoms with Gasteiger partial charge in [-0.2, -0.15) is 5.10 Å². The van der Waals surface area contributed by atoms with E-state index in [1.807, 2.05) is 61.5 Å². The molecule has 0 unspecified atom stereocenters. The third kappa shape index (κ3) is 5.50. The first-order valence-electron chi connectivity index (χ1n) is 8.50.